The van der Waals surface area contributed by atoms with Crippen molar-refractivity contribution in [3.63, 3.8) is 0 Å². The topological polar surface area (TPSA) is 32.3 Å². The molecule has 4 unspecified atom stereocenters. The largest absolute Gasteiger partial charge is 0.356 e. The average molecular weight is 278 g/mol. The van der Waals surface area contributed by atoms with Crippen LogP contribution in [0.5, 0.6) is 0 Å². The van der Waals surface area contributed by atoms with Crippen LogP contribution >= 0.6 is 0 Å². The molecule has 1 amide bonds. The average Bonchev–Trinajstić information content (AvgIpc) is 2.83. The molecule has 0 aromatic carbocycles. The highest BCUT2D eigenvalue weighted by molar-refractivity contribution is 5.75. The van der Waals surface area contributed by atoms with Crippen LogP contribution in [-0.2, 0) is 4.79 Å². The molecule has 3 nitrogen and oxygen atoms in total. The lowest BCUT2D eigenvalue weighted by atomic mass is 9.78. The van der Waals surface area contributed by atoms with E-state index in [1.54, 1.807) is 0 Å². The molecule has 0 aromatic rings. The van der Waals surface area contributed by atoms with Crippen LogP contribution in [-0.4, -0.2) is 36.5 Å². The summed E-state index contributed by atoms with van der Waals surface area (Å²) in [5.74, 6) is 1.96. The molecule has 2 bridgehead atoms. The Balaban J connectivity index is 1.65. The fourth-order valence-electron chi connectivity index (χ4n) is 4.70. The predicted octanol–water partition coefficient (Wildman–Crippen LogP) is 2.95. The van der Waals surface area contributed by atoms with Gasteiger partial charge in [-0.3, -0.25) is 9.69 Å². The summed E-state index contributed by atoms with van der Waals surface area (Å²) in [7, 11) is 0. The molecule has 20 heavy (non-hydrogen) atoms. The van der Waals surface area contributed by atoms with Crippen LogP contribution in [0.3, 0.4) is 0 Å². The fraction of sp³-hybridized carbons (Fsp3) is 0.941. The normalized spacial score (nSPS) is 39.9. The second-order valence-corrected chi connectivity index (χ2v) is 7.07. The van der Waals surface area contributed by atoms with Crippen molar-refractivity contribution in [1.29, 1.82) is 0 Å². The predicted molar refractivity (Wildman–Crippen MR) is 81.5 cm³/mol. The monoisotopic (exact) mass is 278 g/mol. The minimum Gasteiger partial charge on any atom is -0.356 e. The molecule has 3 rings (SSSR count). The van der Waals surface area contributed by atoms with Crippen LogP contribution < -0.4 is 5.32 Å². The van der Waals surface area contributed by atoms with E-state index < -0.39 is 0 Å². The second kappa shape index (κ2) is 6.93. The van der Waals surface area contributed by atoms with Crippen LogP contribution in [0.4, 0.5) is 0 Å². The van der Waals surface area contributed by atoms with E-state index in [0.29, 0.717) is 0 Å². The van der Waals surface area contributed by atoms with Gasteiger partial charge in [0.05, 0.1) is 0 Å². The van der Waals surface area contributed by atoms with Crippen molar-refractivity contribution in [2.24, 2.45) is 11.8 Å². The van der Waals surface area contributed by atoms with Gasteiger partial charge in [-0.15, -0.1) is 0 Å². The zero-order valence-electron chi connectivity index (χ0n) is 12.8. The summed E-state index contributed by atoms with van der Waals surface area (Å²) in [6.07, 6.45) is 12.6. The SMILES string of the molecule is O=C1CCC2CN(CCCCCCN1)C1CCCCC21. The number of fused-ring (bicyclic) bond motifs is 5. The van der Waals surface area contributed by atoms with Crippen molar-refractivity contribution < 1.29 is 4.79 Å². The van der Waals surface area contributed by atoms with E-state index in [1.165, 1.54) is 58.0 Å². The van der Waals surface area contributed by atoms with Crippen molar-refractivity contribution in [3.05, 3.63) is 0 Å². The Labute approximate surface area is 123 Å². The molecule has 2 aliphatic heterocycles. The Kier molecular flexibility index (Phi) is 4.98. The van der Waals surface area contributed by atoms with Crippen molar-refractivity contribution in [2.75, 3.05) is 19.6 Å². The third kappa shape index (κ3) is 3.36. The van der Waals surface area contributed by atoms with Crippen LogP contribution in [0.1, 0.15) is 64.2 Å². The first-order chi connectivity index (χ1) is 9.84. The van der Waals surface area contributed by atoms with Gasteiger partial charge >= 0.3 is 0 Å². The molecule has 0 aromatic heterocycles. The van der Waals surface area contributed by atoms with Crippen LogP contribution in [0.25, 0.3) is 0 Å². The summed E-state index contributed by atoms with van der Waals surface area (Å²) >= 11 is 0. The highest BCUT2D eigenvalue weighted by Gasteiger charge is 2.41. The smallest absolute Gasteiger partial charge is 0.220 e. The lowest BCUT2D eigenvalue weighted by Gasteiger charge is -2.32. The van der Waals surface area contributed by atoms with E-state index >= 15 is 0 Å². The highest BCUT2D eigenvalue weighted by Crippen LogP contribution is 2.41. The molecule has 2 heterocycles. The summed E-state index contributed by atoms with van der Waals surface area (Å²) in [6.45, 7) is 3.46. The van der Waals surface area contributed by atoms with Crippen LogP contribution in [0.2, 0.25) is 0 Å². The first-order valence-corrected chi connectivity index (χ1v) is 8.85. The Bertz CT molecular complexity index is 331. The summed E-state index contributed by atoms with van der Waals surface area (Å²) in [5, 5.41) is 3.10. The molecular formula is C17H30N2O. The minimum atomic E-state index is 0.287. The Hall–Kier alpha value is -0.570. The maximum absolute atomic E-state index is 11.9. The molecule has 1 aliphatic carbocycles. The summed E-state index contributed by atoms with van der Waals surface area (Å²) in [5.41, 5.74) is 0. The van der Waals surface area contributed by atoms with E-state index in [9.17, 15) is 4.79 Å². The van der Waals surface area contributed by atoms with Gasteiger partial charge in [-0.25, -0.2) is 0 Å². The van der Waals surface area contributed by atoms with Crippen LogP contribution in [0, 0.1) is 11.8 Å². The molecule has 1 N–H and O–H groups in total. The number of hydrogen-bond donors (Lipinski definition) is 1. The Morgan fingerprint density at radius 3 is 2.75 bits per heavy atom. The molecule has 0 spiro atoms. The molecule has 3 heteroatoms. The number of carbonyl (C=O) groups is 1. The molecule has 3 aliphatic rings. The van der Waals surface area contributed by atoms with Gasteiger partial charge in [0, 0.05) is 25.6 Å². The van der Waals surface area contributed by atoms with Crippen molar-refractivity contribution in [2.45, 2.75) is 70.3 Å². The van der Waals surface area contributed by atoms with E-state index in [1.807, 2.05) is 0 Å². The minimum absolute atomic E-state index is 0.287. The Morgan fingerprint density at radius 2 is 1.80 bits per heavy atom. The molecule has 4 atom stereocenters. The van der Waals surface area contributed by atoms with Gasteiger partial charge < -0.3 is 5.32 Å². The van der Waals surface area contributed by atoms with Gasteiger partial charge in [0.15, 0.2) is 0 Å². The standard InChI is InChI=1S/C17H30N2O/c20-17-10-9-14-13-19(12-6-2-1-5-11-18-17)16-8-4-3-7-15(14)16/h14-16H,1-13H2,(H,18,20). The lowest BCUT2D eigenvalue weighted by Crippen LogP contribution is -2.35. The third-order valence-corrected chi connectivity index (χ3v) is 5.76. The first kappa shape index (κ1) is 14.4. The van der Waals surface area contributed by atoms with Gasteiger partial charge in [0.1, 0.15) is 0 Å². The quantitative estimate of drug-likeness (QED) is 0.739. The molecule has 1 saturated carbocycles. The summed E-state index contributed by atoms with van der Waals surface area (Å²) in [6, 6.07) is 0.847. The van der Waals surface area contributed by atoms with Crippen LogP contribution in [0.15, 0.2) is 0 Å². The van der Waals surface area contributed by atoms with E-state index in [0.717, 1.165) is 43.7 Å². The van der Waals surface area contributed by atoms with E-state index in [4.69, 9.17) is 0 Å². The maximum Gasteiger partial charge on any atom is 0.220 e. The van der Waals surface area contributed by atoms with Crippen molar-refractivity contribution in [1.82, 2.24) is 10.2 Å². The first-order valence-electron chi connectivity index (χ1n) is 8.85. The zero-order valence-corrected chi connectivity index (χ0v) is 12.8. The third-order valence-electron chi connectivity index (χ3n) is 5.76. The Morgan fingerprint density at radius 1 is 0.950 bits per heavy atom. The van der Waals surface area contributed by atoms with Crippen molar-refractivity contribution in [3.8, 4) is 0 Å². The molecule has 0 radical (unpaired) electrons. The van der Waals surface area contributed by atoms with Gasteiger partial charge in [0.2, 0.25) is 5.91 Å². The number of carbonyl (C=O) groups excluding carboxylic acids is 1. The summed E-state index contributed by atoms with van der Waals surface area (Å²) < 4.78 is 0. The summed E-state index contributed by atoms with van der Waals surface area (Å²) in [4.78, 5) is 14.7. The van der Waals surface area contributed by atoms with Crippen molar-refractivity contribution >= 4 is 5.91 Å². The van der Waals surface area contributed by atoms with Gasteiger partial charge in [-0.05, 0) is 50.5 Å². The number of nitrogens with zero attached hydrogens (tertiary/aromatic N) is 1. The fourth-order valence-corrected chi connectivity index (χ4v) is 4.70. The number of nitrogens with one attached hydrogen (secondary N) is 1. The second-order valence-electron chi connectivity index (χ2n) is 7.07. The van der Waals surface area contributed by atoms with Gasteiger partial charge in [-0.1, -0.05) is 25.7 Å². The number of hydrogen-bond acceptors (Lipinski definition) is 2. The number of rotatable bonds is 0. The maximum atomic E-state index is 11.9. The zero-order chi connectivity index (χ0) is 13.8. The molecule has 3 fully saturated rings. The highest BCUT2D eigenvalue weighted by atomic mass is 16.1. The molecular weight excluding hydrogens is 248 g/mol. The molecule has 114 valence electrons. The molecule has 2 saturated heterocycles. The van der Waals surface area contributed by atoms with Gasteiger partial charge in [0.25, 0.3) is 0 Å². The van der Waals surface area contributed by atoms with E-state index in [-0.39, 0.29) is 5.91 Å². The number of amides is 1. The van der Waals surface area contributed by atoms with Gasteiger partial charge in [-0.2, -0.15) is 0 Å². The lowest BCUT2D eigenvalue weighted by molar-refractivity contribution is -0.121. The van der Waals surface area contributed by atoms with E-state index in [2.05, 4.69) is 10.2 Å².